The second-order valence-corrected chi connectivity index (χ2v) is 6.82. The number of nitrogen functional groups attached to an aromatic ring is 1. The van der Waals surface area contributed by atoms with Gasteiger partial charge in [-0.05, 0) is 30.3 Å². The van der Waals surface area contributed by atoms with Crippen LogP contribution in [0.1, 0.15) is 0 Å². The molecule has 0 saturated heterocycles. The molecule has 5 rings (SSSR count). The maximum Gasteiger partial charge on any atom is 0.342 e. The van der Waals surface area contributed by atoms with Gasteiger partial charge in [0.1, 0.15) is 17.6 Å². The van der Waals surface area contributed by atoms with Gasteiger partial charge in [0.2, 0.25) is 5.95 Å². The molecule has 3 aromatic heterocycles. The third-order valence-corrected chi connectivity index (χ3v) is 4.84. The summed E-state index contributed by atoms with van der Waals surface area (Å²) in [6.07, 6.45) is 4.30. The van der Waals surface area contributed by atoms with E-state index in [9.17, 15) is 4.79 Å². The maximum absolute atomic E-state index is 13.5. The third kappa shape index (κ3) is 3.29. The number of nitrogens with zero attached hydrogens (tertiary/aromatic N) is 6. The molecule has 5 aromatic rings. The summed E-state index contributed by atoms with van der Waals surface area (Å²) in [4.78, 5) is 30.5. The molecule has 0 saturated carbocycles. The van der Waals surface area contributed by atoms with Crippen molar-refractivity contribution in [2.24, 2.45) is 0 Å². The van der Waals surface area contributed by atoms with Crippen molar-refractivity contribution in [3.05, 3.63) is 83.8 Å². The van der Waals surface area contributed by atoms with Gasteiger partial charge in [-0.3, -0.25) is 0 Å². The summed E-state index contributed by atoms with van der Waals surface area (Å²) in [5, 5.41) is 3.06. The minimum atomic E-state index is -0.419. The van der Waals surface area contributed by atoms with E-state index in [0.29, 0.717) is 28.4 Å². The molecule has 3 heterocycles. The van der Waals surface area contributed by atoms with E-state index in [1.807, 2.05) is 54.6 Å². The van der Waals surface area contributed by atoms with Gasteiger partial charge >= 0.3 is 5.69 Å². The number of fused-ring (bicyclic) bond motifs is 1. The van der Waals surface area contributed by atoms with E-state index < -0.39 is 5.69 Å². The van der Waals surface area contributed by atoms with Crippen molar-refractivity contribution in [3.8, 4) is 23.1 Å². The van der Waals surface area contributed by atoms with Gasteiger partial charge in [0.15, 0.2) is 17.2 Å². The van der Waals surface area contributed by atoms with Gasteiger partial charge < -0.3 is 15.8 Å². The standard InChI is InChI=1S/C22H18N8O2/c1-24-14-6-5-7-15(10-14)29-20-18(19(23)27-13-28-20)30(22(29)31)21-25-11-17(12-26-21)32-16-8-3-2-4-9-16/h2-13,24H,1H3,(H2,23,27,28). The molecule has 0 unspecified atom stereocenters. The molecular weight excluding hydrogens is 408 g/mol. The third-order valence-electron chi connectivity index (χ3n) is 4.84. The summed E-state index contributed by atoms with van der Waals surface area (Å²) < 4.78 is 8.48. The van der Waals surface area contributed by atoms with Crippen molar-refractivity contribution >= 4 is 22.7 Å². The molecule has 0 atom stereocenters. The lowest BCUT2D eigenvalue weighted by Crippen LogP contribution is -2.23. The Kier molecular flexibility index (Phi) is 4.71. The number of anilines is 2. The van der Waals surface area contributed by atoms with Gasteiger partial charge in [-0.15, -0.1) is 0 Å². The molecule has 0 aliphatic heterocycles. The summed E-state index contributed by atoms with van der Waals surface area (Å²) >= 11 is 0. The van der Waals surface area contributed by atoms with Gasteiger partial charge in [-0.2, -0.15) is 0 Å². The second-order valence-electron chi connectivity index (χ2n) is 6.82. The first-order valence-electron chi connectivity index (χ1n) is 9.73. The van der Waals surface area contributed by atoms with Crippen molar-refractivity contribution in [2.75, 3.05) is 18.1 Å². The van der Waals surface area contributed by atoms with Crippen LogP contribution in [0.15, 0.2) is 78.1 Å². The normalized spacial score (nSPS) is 10.9. The SMILES string of the molecule is CNc1cccc(-n2c(=O)n(-c3ncc(Oc4ccccc4)cn3)c3c(N)ncnc32)c1. The Hall–Kier alpha value is -4.73. The number of aromatic nitrogens is 6. The van der Waals surface area contributed by atoms with E-state index in [1.165, 1.54) is 27.9 Å². The lowest BCUT2D eigenvalue weighted by molar-refractivity contribution is 0.477. The quantitative estimate of drug-likeness (QED) is 0.439. The number of nitrogens with one attached hydrogen (secondary N) is 1. The number of ether oxygens (including phenoxy) is 1. The Labute approximate surface area is 182 Å². The average Bonchev–Trinajstić information content (AvgIpc) is 3.13. The van der Waals surface area contributed by atoms with Crippen LogP contribution in [0.2, 0.25) is 0 Å². The highest BCUT2D eigenvalue weighted by Gasteiger charge is 2.21. The van der Waals surface area contributed by atoms with Gasteiger partial charge in [0.05, 0.1) is 18.1 Å². The Balaban J connectivity index is 1.65. The zero-order valence-corrected chi connectivity index (χ0v) is 17.0. The van der Waals surface area contributed by atoms with Crippen LogP contribution in [-0.4, -0.2) is 36.1 Å². The van der Waals surface area contributed by atoms with Crippen LogP contribution < -0.4 is 21.5 Å². The first-order chi connectivity index (χ1) is 15.7. The first-order valence-corrected chi connectivity index (χ1v) is 9.73. The zero-order valence-electron chi connectivity index (χ0n) is 17.0. The lowest BCUT2D eigenvalue weighted by atomic mass is 10.2. The molecule has 0 fully saturated rings. The van der Waals surface area contributed by atoms with E-state index in [1.54, 1.807) is 7.05 Å². The van der Waals surface area contributed by atoms with Crippen molar-refractivity contribution in [1.29, 1.82) is 0 Å². The topological polar surface area (TPSA) is 126 Å². The number of rotatable bonds is 5. The minimum Gasteiger partial charge on any atom is -0.454 e. The molecule has 0 bridgehead atoms. The van der Waals surface area contributed by atoms with Gasteiger partial charge in [0, 0.05) is 12.7 Å². The van der Waals surface area contributed by atoms with E-state index in [4.69, 9.17) is 10.5 Å². The molecule has 0 amide bonds. The fourth-order valence-corrected chi connectivity index (χ4v) is 3.37. The average molecular weight is 426 g/mol. The summed E-state index contributed by atoms with van der Waals surface area (Å²) in [6, 6.07) is 16.7. The molecular formula is C22H18N8O2. The van der Waals surface area contributed by atoms with E-state index in [2.05, 4.69) is 25.3 Å². The van der Waals surface area contributed by atoms with Crippen LogP contribution in [0.25, 0.3) is 22.8 Å². The van der Waals surface area contributed by atoms with Gasteiger partial charge in [-0.1, -0.05) is 24.3 Å². The summed E-state index contributed by atoms with van der Waals surface area (Å²) in [5.74, 6) is 1.36. The summed E-state index contributed by atoms with van der Waals surface area (Å²) in [5.41, 5.74) is 7.84. The monoisotopic (exact) mass is 426 g/mol. The molecule has 10 nitrogen and oxygen atoms in total. The lowest BCUT2D eigenvalue weighted by Gasteiger charge is -2.06. The van der Waals surface area contributed by atoms with E-state index in [-0.39, 0.29) is 11.8 Å². The van der Waals surface area contributed by atoms with Gasteiger partial charge in [-0.25, -0.2) is 33.9 Å². The zero-order chi connectivity index (χ0) is 22.1. The second kappa shape index (κ2) is 7.84. The molecule has 3 N–H and O–H groups in total. The minimum absolute atomic E-state index is 0.130. The predicted octanol–water partition coefficient (Wildman–Crippen LogP) is 2.78. The van der Waals surface area contributed by atoms with Crippen molar-refractivity contribution in [1.82, 2.24) is 29.1 Å². The van der Waals surface area contributed by atoms with Crippen LogP contribution in [0.5, 0.6) is 11.5 Å². The molecule has 32 heavy (non-hydrogen) atoms. The Morgan fingerprint density at radius 3 is 2.44 bits per heavy atom. The predicted molar refractivity (Wildman–Crippen MR) is 121 cm³/mol. The smallest absolute Gasteiger partial charge is 0.342 e. The number of benzene rings is 2. The van der Waals surface area contributed by atoms with Crippen molar-refractivity contribution in [3.63, 3.8) is 0 Å². The van der Waals surface area contributed by atoms with Crippen molar-refractivity contribution < 1.29 is 4.74 Å². The Bertz CT molecular complexity index is 1460. The largest absolute Gasteiger partial charge is 0.454 e. The fraction of sp³-hybridized carbons (Fsp3) is 0.0455. The van der Waals surface area contributed by atoms with Crippen LogP contribution in [0.4, 0.5) is 11.5 Å². The molecule has 0 spiro atoms. The summed E-state index contributed by atoms with van der Waals surface area (Å²) in [7, 11) is 1.80. The highest BCUT2D eigenvalue weighted by molar-refractivity contribution is 5.85. The number of nitrogens with two attached hydrogens (primary N) is 1. The molecule has 2 aromatic carbocycles. The summed E-state index contributed by atoms with van der Waals surface area (Å²) in [6.45, 7) is 0. The number of hydrogen-bond acceptors (Lipinski definition) is 8. The number of para-hydroxylation sites is 1. The molecule has 158 valence electrons. The Morgan fingerprint density at radius 2 is 1.69 bits per heavy atom. The highest BCUT2D eigenvalue weighted by atomic mass is 16.5. The fourth-order valence-electron chi connectivity index (χ4n) is 3.37. The van der Waals surface area contributed by atoms with Gasteiger partial charge in [0.25, 0.3) is 0 Å². The highest BCUT2D eigenvalue weighted by Crippen LogP contribution is 2.24. The Morgan fingerprint density at radius 1 is 0.906 bits per heavy atom. The number of imidazole rings is 1. The van der Waals surface area contributed by atoms with Crippen LogP contribution >= 0.6 is 0 Å². The van der Waals surface area contributed by atoms with Crippen LogP contribution in [0, 0.1) is 0 Å². The molecule has 0 aliphatic carbocycles. The number of hydrogen-bond donors (Lipinski definition) is 2. The van der Waals surface area contributed by atoms with E-state index in [0.717, 1.165) is 5.69 Å². The maximum atomic E-state index is 13.5. The molecule has 10 heteroatoms. The van der Waals surface area contributed by atoms with Crippen LogP contribution in [-0.2, 0) is 0 Å². The molecule has 0 aliphatic rings. The van der Waals surface area contributed by atoms with Crippen molar-refractivity contribution in [2.45, 2.75) is 0 Å². The van der Waals surface area contributed by atoms with E-state index >= 15 is 0 Å². The van der Waals surface area contributed by atoms with Crippen LogP contribution in [0.3, 0.4) is 0 Å². The molecule has 0 radical (unpaired) electrons. The first kappa shape index (κ1) is 19.2.